The molecule has 1 saturated heterocycles. The van der Waals surface area contributed by atoms with Gasteiger partial charge in [-0.1, -0.05) is 30.3 Å². The molecule has 2 unspecified atom stereocenters. The van der Waals surface area contributed by atoms with Gasteiger partial charge < -0.3 is 10.1 Å². The van der Waals surface area contributed by atoms with Crippen LogP contribution in [0.2, 0.25) is 0 Å². The van der Waals surface area contributed by atoms with E-state index in [-0.39, 0.29) is 0 Å². The summed E-state index contributed by atoms with van der Waals surface area (Å²) in [6.45, 7) is 1.96. The summed E-state index contributed by atoms with van der Waals surface area (Å²) in [4.78, 5) is 0. The molecule has 0 bridgehead atoms. The van der Waals surface area contributed by atoms with Crippen molar-refractivity contribution in [3.8, 4) is 0 Å². The highest BCUT2D eigenvalue weighted by Crippen LogP contribution is 2.29. The average Bonchev–Trinajstić information content (AvgIpc) is 2.68. The molecule has 0 spiro atoms. The van der Waals surface area contributed by atoms with Crippen LogP contribution in [0.3, 0.4) is 0 Å². The van der Waals surface area contributed by atoms with Gasteiger partial charge >= 0.3 is 0 Å². The first-order valence-electron chi connectivity index (χ1n) is 5.19. The lowest BCUT2D eigenvalue weighted by Gasteiger charge is -2.18. The molecule has 0 aliphatic carbocycles. The van der Waals surface area contributed by atoms with Crippen molar-refractivity contribution in [2.24, 2.45) is 5.92 Å². The summed E-state index contributed by atoms with van der Waals surface area (Å²) in [6, 6.07) is 11.1. The van der Waals surface area contributed by atoms with Crippen LogP contribution in [0.15, 0.2) is 30.3 Å². The van der Waals surface area contributed by atoms with E-state index < -0.39 is 0 Å². The maximum Gasteiger partial charge on any atom is 0.0509 e. The van der Waals surface area contributed by atoms with Gasteiger partial charge in [-0.3, -0.25) is 0 Å². The van der Waals surface area contributed by atoms with E-state index in [0.29, 0.717) is 12.0 Å². The minimum atomic E-state index is 0.483. The van der Waals surface area contributed by atoms with E-state index in [2.05, 4.69) is 35.6 Å². The van der Waals surface area contributed by atoms with Gasteiger partial charge in [0, 0.05) is 19.1 Å². The fourth-order valence-electron chi connectivity index (χ4n) is 2.20. The van der Waals surface area contributed by atoms with Gasteiger partial charge in [-0.25, -0.2) is 0 Å². The Morgan fingerprint density at radius 3 is 2.86 bits per heavy atom. The second-order valence-corrected chi connectivity index (χ2v) is 3.85. The fraction of sp³-hybridized carbons (Fsp3) is 0.500. The van der Waals surface area contributed by atoms with E-state index in [1.54, 1.807) is 7.11 Å². The standard InChI is InChI=1S/C12H17NO/c1-14-9-11-7-8-13-12(11)10-5-3-2-4-6-10/h2-6,11-13H,7-9H2,1H3. The summed E-state index contributed by atoms with van der Waals surface area (Å²) in [7, 11) is 1.78. The van der Waals surface area contributed by atoms with Crippen LogP contribution in [0, 0.1) is 5.92 Å². The normalized spacial score (nSPS) is 26.6. The molecule has 2 atom stereocenters. The second kappa shape index (κ2) is 4.58. The molecule has 2 rings (SSSR count). The van der Waals surface area contributed by atoms with E-state index in [1.165, 1.54) is 12.0 Å². The summed E-state index contributed by atoms with van der Waals surface area (Å²) < 4.78 is 5.24. The molecule has 1 aliphatic rings. The molecule has 1 aliphatic heterocycles. The first kappa shape index (κ1) is 9.69. The van der Waals surface area contributed by atoms with E-state index in [4.69, 9.17) is 4.74 Å². The molecule has 1 N–H and O–H groups in total. The van der Waals surface area contributed by atoms with Gasteiger partial charge in [0.2, 0.25) is 0 Å². The van der Waals surface area contributed by atoms with Crippen molar-refractivity contribution >= 4 is 0 Å². The predicted octanol–water partition coefficient (Wildman–Crippen LogP) is 1.98. The van der Waals surface area contributed by atoms with E-state index >= 15 is 0 Å². The molecule has 2 heteroatoms. The van der Waals surface area contributed by atoms with Crippen LogP contribution in [0.1, 0.15) is 18.0 Å². The molecule has 0 radical (unpaired) electrons. The minimum Gasteiger partial charge on any atom is -0.384 e. The molecule has 0 saturated carbocycles. The highest BCUT2D eigenvalue weighted by Gasteiger charge is 2.27. The van der Waals surface area contributed by atoms with Gasteiger partial charge in [-0.15, -0.1) is 0 Å². The molecule has 0 amide bonds. The quantitative estimate of drug-likeness (QED) is 0.789. The summed E-state index contributed by atoms with van der Waals surface area (Å²) in [5.41, 5.74) is 1.38. The third-order valence-electron chi connectivity index (χ3n) is 2.89. The highest BCUT2D eigenvalue weighted by molar-refractivity contribution is 5.20. The third kappa shape index (κ3) is 1.97. The van der Waals surface area contributed by atoms with Crippen LogP contribution >= 0.6 is 0 Å². The van der Waals surface area contributed by atoms with E-state index in [1.807, 2.05) is 0 Å². The molecule has 1 fully saturated rings. The molecule has 1 aromatic carbocycles. The van der Waals surface area contributed by atoms with Gasteiger partial charge in [0.25, 0.3) is 0 Å². The first-order chi connectivity index (χ1) is 6.92. The Morgan fingerprint density at radius 2 is 2.14 bits per heavy atom. The lowest BCUT2D eigenvalue weighted by atomic mass is 9.95. The van der Waals surface area contributed by atoms with Crippen molar-refractivity contribution in [3.63, 3.8) is 0 Å². The topological polar surface area (TPSA) is 21.3 Å². The maximum atomic E-state index is 5.24. The Bertz CT molecular complexity index is 273. The molecule has 1 aromatic rings. The van der Waals surface area contributed by atoms with Gasteiger partial charge in [0.05, 0.1) is 6.61 Å². The number of hydrogen-bond acceptors (Lipinski definition) is 2. The lowest BCUT2D eigenvalue weighted by Crippen LogP contribution is -2.20. The molecule has 0 aromatic heterocycles. The Hall–Kier alpha value is -0.860. The molecular formula is C12H17NO. The Morgan fingerprint density at radius 1 is 1.36 bits per heavy atom. The zero-order valence-electron chi connectivity index (χ0n) is 8.57. The Labute approximate surface area is 85.3 Å². The van der Waals surface area contributed by atoms with E-state index in [9.17, 15) is 0 Å². The highest BCUT2D eigenvalue weighted by atomic mass is 16.5. The van der Waals surface area contributed by atoms with Crippen LogP contribution in [-0.4, -0.2) is 20.3 Å². The molecule has 1 heterocycles. The summed E-state index contributed by atoms with van der Waals surface area (Å²) in [5, 5.41) is 3.53. The monoisotopic (exact) mass is 191 g/mol. The average molecular weight is 191 g/mol. The third-order valence-corrected chi connectivity index (χ3v) is 2.89. The summed E-state index contributed by atoms with van der Waals surface area (Å²) in [5.74, 6) is 0.627. The van der Waals surface area contributed by atoms with Crippen LogP contribution in [0.4, 0.5) is 0 Å². The smallest absolute Gasteiger partial charge is 0.0509 e. The number of hydrogen-bond donors (Lipinski definition) is 1. The number of benzene rings is 1. The van der Waals surface area contributed by atoms with Gasteiger partial charge in [-0.2, -0.15) is 0 Å². The second-order valence-electron chi connectivity index (χ2n) is 3.85. The van der Waals surface area contributed by atoms with Crippen molar-refractivity contribution < 1.29 is 4.74 Å². The zero-order valence-corrected chi connectivity index (χ0v) is 8.57. The SMILES string of the molecule is COCC1CCNC1c1ccccc1. The number of nitrogens with one attached hydrogen (secondary N) is 1. The molecule has 14 heavy (non-hydrogen) atoms. The number of methoxy groups -OCH3 is 1. The fourth-order valence-corrected chi connectivity index (χ4v) is 2.20. The minimum absolute atomic E-state index is 0.483. The van der Waals surface area contributed by atoms with Crippen LogP contribution in [-0.2, 0) is 4.74 Å². The largest absolute Gasteiger partial charge is 0.384 e. The van der Waals surface area contributed by atoms with Gasteiger partial charge in [0.1, 0.15) is 0 Å². The zero-order chi connectivity index (χ0) is 9.80. The van der Waals surface area contributed by atoms with Crippen molar-refractivity contribution in [1.82, 2.24) is 5.32 Å². The Kier molecular flexibility index (Phi) is 3.17. The van der Waals surface area contributed by atoms with Crippen molar-refractivity contribution in [1.29, 1.82) is 0 Å². The number of rotatable bonds is 3. The maximum absolute atomic E-state index is 5.24. The first-order valence-corrected chi connectivity index (χ1v) is 5.19. The molecule has 76 valence electrons. The summed E-state index contributed by atoms with van der Waals surface area (Å²) >= 11 is 0. The predicted molar refractivity (Wildman–Crippen MR) is 57.2 cm³/mol. The van der Waals surface area contributed by atoms with Crippen molar-refractivity contribution in [3.05, 3.63) is 35.9 Å². The van der Waals surface area contributed by atoms with Crippen LogP contribution in [0.25, 0.3) is 0 Å². The molecular weight excluding hydrogens is 174 g/mol. The summed E-state index contributed by atoms with van der Waals surface area (Å²) in [6.07, 6.45) is 1.22. The van der Waals surface area contributed by atoms with Crippen molar-refractivity contribution in [2.75, 3.05) is 20.3 Å². The van der Waals surface area contributed by atoms with E-state index in [0.717, 1.165) is 13.2 Å². The lowest BCUT2D eigenvalue weighted by molar-refractivity contribution is 0.145. The van der Waals surface area contributed by atoms with Crippen molar-refractivity contribution in [2.45, 2.75) is 12.5 Å². The molecule has 2 nitrogen and oxygen atoms in total. The van der Waals surface area contributed by atoms with Gasteiger partial charge in [-0.05, 0) is 18.5 Å². The Balaban J connectivity index is 2.10. The number of ether oxygens (including phenoxy) is 1. The van der Waals surface area contributed by atoms with Crippen LogP contribution < -0.4 is 5.32 Å². The van der Waals surface area contributed by atoms with Crippen LogP contribution in [0.5, 0.6) is 0 Å². The van der Waals surface area contributed by atoms with Gasteiger partial charge in [0.15, 0.2) is 0 Å².